The highest BCUT2D eigenvalue weighted by Crippen LogP contribution is 2.36. The van der Waals surface area contributed by atoms with E-state index < -0.39 is 5.91 Å². The number of para-hydroxylation sites is 1. The number of benzene rings is 1. The van der Waals surface area contributed by atoms with Gasteiger partial charge in [-0.15, -0.1) is 0 Å². The van der Waals surface area contributed by atoms with Crippen LogP contribution in [0.3, 0.4) is 0 Å². The Hall–Kier alpha value is -2.60. The number of nitrogens with zero attached hydrogens (tertiary/aromatic N) is 2. The van der Waals surface area contributed by atoms with Crippen molar-refractivity contribution in [3.05, 3.63) is 54.2 Å². The van der Waals surface area contributed by atoms with E-state index >= 15 is 0 Å². The van der Waals surface area contributed by atoms with E-state index in [-0.39, 0.29) is 12.0 Å². The molecule has 6 heteroatoms. The van der Waals surface area contributed by atoms with Gasteiger partial charge in [-0.3, -0.25) is 4.79 Å². The summed E-state index contributed by atoms with van der Waals surface area (Å²) in [7, 11) is 0. The van der Waals surface area contributed by atoms with Gasteiger partial charge in [-0.2, -0.15) is 0 Å². The number of nitrogens with two attached hydrogens (primary N) is 1. The number of primary amides is 1. The van der Waals surface area contributed by atoms with Gasteiger partial charge < -0.3 is 20.5 Å². The highest BCUT2D eigenvalue weighted by Gasteiger charge is 2.35. The summed E-state index contributed by atoms with van der Waals surface area (Å²) in [6.45, 7) is 2.15. The second-order valence-electron chi connectivity index (χ2n) is 6.80. The molecule has 138 valence electrons. The molecule has 0 atom stereocenters. The zero-order valence-corrected chi connectivity index (χ0v) is 14.8. The van der Waals surface area contributed by atoms with Crippen molar-refractivity contribution in [3.8, 4) is 5.75 Å². The van der Waals surface area contributed by atoms with Crippen LogP contribution in [0.15, 0.2) is 48.7 Å². The van der Waals surface area contributed by atoms with E-state index in [4.69, 9.17) is 10.5 Å². The molecular formula is C20H25N3O3. The van der Waals surface area contributed by atoms with Gasteiger partial charge >= 0.3 is 0 Å². The summed E-state index contributed by atoms with van der Waals surface area (Å²) >= 11 is 0. The molecule has 1 saturated heterocycles. The summed E-state index contributed by atoms with van der Waals surface area (Å²) in [5.74, 6) is 1.01. The van der Waals surface area contributed by atoms with E-state index in [1.807, 2.05) is 30.3 Å². The minimum Gasteiger partial charge on any atom is -0.494 e. The van der Waals surface area contributed by atoms with Crippen LogP contribution in [0.4, 0.5) is 5.82 Å². The maximum atomic E-state index is 11.6. The third-order valence-electron chi connectivity index (χ3n) is 5.16. The van der Waals surface area contributed by atoms with E-state index in [0.717, 1.165) is 38.1 Å². The van der Waals surface area contributed by atoms with Crippen LogP contribution in [0.1, 0.15) is 29.6 Å². The topological polar surface area (TPSA) is 88.7 Å². The Morgan fingerprint density at radius 1 is 1.19 bits per heavy atom. The number of carbonyl (C=O) groups is 1. The largest absolute Gasteiger partial charge is 0.494 e. The van der Waals surface area contributed by atoms with Crippen molar-refractivity contribution in [2.45, 2.75) is 19.3 Å². The van der Waals surface area contributed by atoms with Gasteiger partial charge in [-0.1, -0.05) is 18.2 Å². The van der Waals surface area contributed by atoms with Crippen LogP contribution in [0.25, 0.3) is 0 Å². The number of ether oxygens (including phenoxy) is 1. The van der Waals surface area contributed by atoms with Crippen molar-refractivity contribution in [3.63, 3.8) is 0 Å². The van der Waals surface area contributed by atoms with Gasteiger partial charge in [0, 0.05) is 31.3 Å². The van der Waals surface area contributed by atoms with Crippen molar-refractivity contribution in [1.29, 1.82) is 0 Å². The molecule has 0 aliphatic carbocycles. The van der Waals surface area contributed by atoms with Crippen molar-refractivity contribution in [2.24, 2.45) is 11.1 Å². The van der Waals surface area contributed by atoms with E-state index in [1.165, 1.54) is 0 Å². The summed E-state index contributed by atoms with van der Waals surface area (Å²) in [6, 6.07) is 13.1. The predicted molar refractivity (Wildman–Crippen MR) is 100 cm³/mol. The minimum atomic E-state index is -0.469. The lowest BCUT2D eigenvalue weighted by molar-refractivity contribution is 0.0707. The number of rotatable bonds is 7. The Bertz CT molecular complexity index is 728. The van der Waals surface area contributed by atoms with Crippen molar-refractivity contribution < 1.29 is 14.6 Å². The molecule has 1 amide bonds. The third kappa shape index (κ3) is 4.14. The van der Waals surface area contributed by atoms with Crippen molar-refractivity contribution in [1.82, 2.24) is 4.98 Å². The van der Waals surface area contributed by atoms with Crippen LogP contribution < -0.4 is 15.4 Å². The third-order valence-corrected chi connectivity index (χ3v) is 5.16. The molecule has 0 spiro atoms. The van der Waals surface area contributed by atoms with Crippen molar-refractivity contribution >= 4 is 11.7 Å². The minimum absolute atomic E-state index is 0.129. The number of aliphatic hydroxyl groups excluding tert-OH is 1. The van der Waals surface area contributed by atoms with Crippen LogP contribution in [0, 0.1) is 5.41 Å². The fourth-order valence-corrected chi connectivity index (χ4v) is 3.42. The van der Waals surface area contributed by atoms with E-state index in [0.29, 0.717) is 18.0 Å². The molecule has 2 heterocycles. The number of amides is 1. The summed E-state index contributed by atoms with van der Waals surface area (Å²) in [4.78, 5) is 18.0. The Morgan fingerprint density at radius 3 is 2.58 bits per heavy atom. The molecule has 0 saturated carbocycles. The molecule has 1 aromatic carbocycles. The fourth-order valence-electron chi connectivity index (χ4n) is 3.42. The van der Waals surface area contributed by atoms with Crippen LogP contribution in [0.5, 0.6) is 5.75 Å². The predicted octanol–water partition coefficient (Wildman–Crippen LogP) is 2.23. The molecule has 26 heavy (non-hydrogen) atoms. The van der Waals surface area contributed by atoms with Gasteiger partial charge in [0.1, 0.15) is 11.6 Å². The maximum absolute atomic E-state index is 11.6. The smallest absolute Gasteiger partial charge is 0.252 e. The van der Waals surface area contributed by atoms with E-state index in [1.54, 1.807) is 18.3 Å². The lowest BCUT2D eigenvalue weighted by atomic mass is 9.76. The number of aromatic nitrogens is 1. The highest BCUT2D eigenvalue weighted by atomic mass is 16.5. The van der Waals surface area contributed by atoms with Gasteiger partial charge in [0.25, 0.3) is 5.91 Å². The first-order chi connectivity index (χ1) is 12.6. The van der Waals surface area contributed by atoms with Gasteiger partial charge in [-0.05, 0) is 43.5 Å². The van der Waals surface area contributed by atoms with Crippen LogP contribution >= 0.6 is 0 Å². The molecule has 1 aromatic heterocycles. The molecule has 3 rings (SSSR count). The Morgan fingerprint density at radius 2 is 1.92 bits per heavy atom. The van der Waals surface area contributed by atoms with Gasteiger partial charge in [-0.25, -0.2) is 4.98 Å². The van der Waals surface area contributed by atoms with Crippen LogP contribution in [-0.4, -0.2) is 42.3 Å². The number of pyridine rings is 1. The summed E-state index contributed by atoms with van der Waals surface area (Å²) in [5, 5.41) is 9.97. The number of carbonyl (C=O) groups excluding carboxylic acids is 1. The quantitative estimate of drug-likeness (QED) is 0.795. The zero-order chi connectivity index (χ0) is 18.4. The molecule has 6 nitrogen and oxygen atoms in total. The number of hydrogen-bond donors (Lipinski definition) is 2. The molecule has 1 aliphatic heterocycles. The molecule has 1 aliphatic rings. The first-order valence-corrected chi connectivity index (χ1v) is 8.92. The zero-order valence-electron chi connectivity index (χ0n) is 14.8. The van der Waals surface area contributed by atoms with Crippen LogP contribution in [0.2, 0.25) is 0 Å². The first-order valence-electron chi connectivity index (χ1n) is 8.92. The van der Waals surface area contributed by atoms with E-state index in [9.17, 15) is 9.90 Å². The highest BCUT2D eigenvalue weighted by molar-refractivity contribution is 5.97. The first kappa shape index (κ1) is 18.2. The number of anilines is 1. The molecule has 0 radical (unpaired) electrons. The lowest BCUT2D eigenvalue weighted by Gasteiger charge is -2.41. The average molecular weight is 355 g/mol. The van der Waals surface area contributed by atoms with Gasteiger partial charge in [0.05, 0.1) is 12.2 Å². The van der Waals surface area contributed by atoms with Crippen LogP contribution in [-0.2, 0) is 0 Å². The second-order valence-corrected chi connectivity index (χ2v) is 6.80. The average Bonchev–Trinajstić information content (AvgIpc) is 2.69. The Labute approximate surface area is 153 Å². The molecule has 3 N–H and O–H groups in total. The summed E-state index contributed by atoms with van der Waals surface area (Å²) < 4.78 is 5.80. The Balaban J connectivity index is 1.59. The standard InChI is InChI=1S/C20H25N3O3/c21-18(25)17-7-4-11-22-19(17)23-12-8-20(15-24,9-13-23)10-14-26-16-5-2-1-3-6-16/h1-7,11,24H,8-10,12-15H2,(H2,21,25). The van der Waals surface area contributed by atoms with E-state index in [2.05, 4.69) is 9.88 Å². The van der Waals surface area contributed by atoms with Gasteiger partial charge in [0.2, 0.25) is 0 Å². The summed E-state index contributed by atoms with van der Waals surface area (Å²) in [6.07, 6.45) is 4.09. The molecular weight excluding hydrogens is 330 g/mol. The lowest BCUT2D eigenvalue weighted by Crippen LogP contribution is -2.43. The molecule has 2 aromatic rings. The molecule has 0 unspecified atom stereocenters. The molecule has 1 fully saturated rings. The second kappa shape index (κ2) is 8.19. The van der Waals surface area contributed by atoms with Crippen molar-refractivity contribution in [2.75, 3.05) is 31.2 Å². The maximum Gasteiger partial charge on any atom is 0.252 e. The van der Waals surface area contributed by atoms with Gasteiger partial charge in [0.15, 0.2) is 0 Å². The summed E-state index contributed by atoms with van der Waals surface area (Å²) in [5.41, 5.74) is 5.74. The Kier molecular flexibility index (Phi) is 5.73. The fraction of sp³-hybridized carbons (Fsp3) is 0.400. The number of piperidine rings is 1. The monoisotopic (exact) mass is 355 g/mol. The number of hydrogen-bond acceptors (Lipinski definition) is 5. The number of aliphatic hydroxyl groups is 1. The normalized spacial score (nSPS) is 16.3. The SMILES string of the molecule is NC(=O)c1cccnc1N1CCC(CO)(CCOc2ccccc2)CC1. The molecule has 0 bridgehead atoms.